The largest absolute Gasteiger partial charge is 0.466 e. The number of carbonyl (C=O) groups excluding carboxylic acids is 10. The number of Topliss-reactive ketones (excluding diaryl/α,β-unsaturated/α-hetero) is 1. The highest BCUT2D eigenvalue weighted by atomic mass is 19.4. The highest BCUT2D eigenvalue weighted by molar-refractivity contribution is 5.99. The smallest absolute Gasteiger partial charge is 0.450 e. The number of allylic oxidation sites excluding steroid dienone is 12. The van der Waals surface area contributed by atoms with Crippen molar-refractivity contribution in [1.82, 2.24) is 14.7 Å². The maximum Gasteiger partial charge on any atom is 0.450 e. The van der Waals surface area contributed by atoms with E-state index in [0.29, 0.717) is 44.8 Å². The highest BCUT2D eigenvalue weighted by Gasteiger charge is 2.54. The predicted octanol–water partition coefficient (Wildman–Crippen LogP) is 21.2. The number of hydrogen-bond donors (Lipinski definition) is 5. The van der Waals surface area contributed by atoms with Crippen LogP contribution in [0.2, 0.25) is 0 Å². The van der Waals surface area contributed by atoms with E-state index in [2.05, 4.69) is 53.7 Å². The van der Waals surface area contributed by atoms with Crippen LogP contribution in [-0.4, -0.2) is 239 Å². The van der Waals surface area contributed by atoms with Crippen molar-refractivity contribution in [3.63, 3.8) is 0 Å². The van der Waals surface area contributed by atoms with Gasteiger partial charge in [-0.25, -0.2) is 33.9 Å². The van der Waals surface area contributed by atoms with Gasteiger partial charge in [-0.2, -0.15) is 92.2 Å². The number of halogens is 21. The molecule has 6 amide bonds. The van der Waals surface area contributed by atoms with E-state index in [1.54, 1.807) is 32.9 Å². The number of imide groups is 3. The Kier molecular flexibility index (Phi) is 66.0. The maximum atomic E-state index is 12.9. The number of aliphatic hydroxyl groups excluding tert-OH is 4. The lowest BCUT2D eigenvalue weighted by atomic mass is 9.95. The number of esters is 3. The van der Waals surface area contributed by atoms with Gasteiger partial charge in [-0.1, -0.05) is 173 Å². The number of cyclic esters (lactones) is 3. The minimum atomic E-state index is -4.95. The third kappa shape index (κ3) is 56.6. The number of benzene rings is 3. The number of hydrogen-bond acceptors (Lipinski definition) is 22. The Labute approximate surface area is 814 Å². The fourth-order valence-electron chi connectivity index (χ4n) is 11.6. The van der Waals surface area contributed by atoms with Crippen LogP contribution in [0.3, 0.4) is 0 Å². The maximum absolute atomic E-state index is 12.9. The van der Waals surface area contributed by atoms with E-state index in [9.17, 15) is 150 Å². The van der Waals surface area contributed by atoms with Gasteiger partial charge in [0.2, 0.25) is 17.6 Å². The zero-order valence-corrected chi connectivity index (χ0v) is 79.6. The second-order valence-corrected chi connectivity index (χ2v) is 29.8. The summed E-state index contributed by atoms with van der Waals surface area (Å²) < 4.78 is 290. The Morgan fingerprint density at radius 2 is 0.804 bits per heavy atom. The average molecular weight is 2080 g/mol. The topological polar surface area (TPSA) is 346 Å². The Morgan fingerprint density at radius 1 is 0.462 bits per heavy atom. The molecule has 143 heavy (non-hydrogen) atoms. The second kappa shape index (κ2) is 69.8. The Balaban J connectivity index is -0.00000158. The van der Waals surface area contributed by atoms with Gasteiger partial charge in [-0.3, -0.25) is 28.8 Å². The lowest BCUT2D eigenvalue weighted by Crippen LogP contribution is -2.46. The van der Waals surface area contributed by atoms with Crippen molar-refractivity contribution in [3.05, 3.63) is 242 Å². The number of carbonyl (C=O) groups is 10. The van der Waals surface area contributed by atoms with Gasteiger partial charge in [-0.15, -0.1) is 39.5 Å². The summed E-state index contributed by atoms with van der Waals surface area (Å²) in [7, 11) is 0. The molecule has 0 saturated carbocycles. The Hall–Kier alpha value is -12.0. The van der Waals surface area contributed by atoms with E-state index < -0.39 is 206 Å². The summed E-state index contributed by atoms with van der Waals surface area (Å²) in [5, 5.41) is 43.6. The van der Waals surface area contributed by atoms with E-state index in [-0.39, 0.29) is 77.3 Å². The highest BCUT2D eigenvalue weighted by Crippen LogP contribution is 2.38. The van der Waals surface area contributed by atoms with Gasteiger partial charge in [0.05, 0.1) is 51.0 Å². The van der Waals surface area contributed by atoms with Crippen LogP contribution in [0, 0.1) is 5.92 Å². The fraction of sp³-hybridized carbons (Fsp3) is 0.485. The van der Waals surface area contributed by atoms with E-state index in [0.717, 1.165) is 88.5 Å². The average Bonchev–Trinajstić information content (AvgIpc) is 1.80. The van der Waals surface area contributed by atoms with Crippen LogP contribution in [0.25, 0.3) is 0 Å². The molecular formula is C97H122F21N3O22. The molecule has 4 fully saturated rings. The van der Waals surface area contributed by atoms with Crippen LogP contribution < -0.4 is 0 Å². The summed E-state index contributed by atoms with van der Waals surface area (Å²) in [5.41, 5.74) is -4.05. The first-order valence-electron chi connectivity index (χ1n) is 43.7. The zero-order chi connectivity index (χ0) is 110. The van der Waals surface area contributed by atoms with E-state index >= 15 is 0 Å². The van der Waals surface area contributed by atoms with Gasteiger partial charge in [0, 0.05) is 78.8 Å². The van der Waals surface area contributed by atoms with E-state index in [1.807, 2.05) is 78.9 Å². The molecular weight excluding hydrogens is 1960 g/mol. The number of alkyl halides is 21. The van der Waals surface area contributed by atoms with Crippen molar-refractivity contribution >= 4 is 59.7 Å². The van der Waals surface area contributed by atoms with Gasteiger partial charge in [-0.05, 0) is 115 Å². The number of ether oxygens (including phenoxy) is 7. The summed E-state index contributed by atoms with van der Waals surface area (Å²) >= 11 is 0. The molecule has 4 saturated heterocycles. The summed E-state index contributed by atoms with van der Waals surface area (Å²) in [6, 6.07) is 26.9. The third-order valence-electron chi connectivity index (χ3n) is 18.5. The van der Waals surface area contributed by atoms with Crippen LogP contribution in [0.5, 0.6) is 0 Å². The van der Waals surface area contributed by atoms with E-state index in [4.69, 9.17) is 34.3 Å². The van der Waals surface area contributed by atoms with Crippen molar-refractivity contribution in [3.8, 4) is 0 Å². The number of nitrogens with zero attached hydrogens (tertiary/aromatic N) is 3. The first-order chi connectivity index (χ1) is 66.6. The van der Waals surface area contributed by atoms with E-state index in [1.165, 1.54) is 50.8 Å². The second-order valence-electron chi connectivity index (χ2n) is 29.8. The molecule has 4 heterocycles. The molecule has 0 spiro atoms. The molecule has 7 atom stereocenters. The van der Waals surface area contributed by atoms with Crippen LogP contribution in [0.4, 0.5) is 107 Å². The molecule has 7 rings (SSSR count). The van der Waals surface area contributed by atoms with Crippen molar-refractivity contribution < 1.29 is 199 Å². The molecule has 4 aliphatic rings. The van der Waals surface area contributed by atoms with Crippen LogP contribution in [-0.2, 0) is 86.0 Å². The molecule has 46 heteroatoms. The lowest BCUT2D eigenvalue weighted by Gasteiger charge is -2.28. The molecule has 2 unspecified atom stereocenters. The first kappa shape index (κ1) is 135. The summed E-state index contributed by atoms with van der Waals surface area (Å²) in [4.78, 5) is 117. The van der Waals surface area contributed by atoms with Crippen molar-refractivity contribution in [2.24, 2.45) is 5.92 Å². The molecule has 5 N–H and O–H groups in total. The minimum Gasteiger partial charge on any atom is -0.466 e. The number of rotatable bonds is 35. The SMILES string of the molecule is C=CC/C(=C\C(=O)OCC)C(F)(F)F.C=CC/C(=C\CC)C(F)(F)F.C=CC/C(=C\CO)C(F)(F)F.C=CC/C(=C\C[C@H](C)C(=O)N1C(=O)OC[C@H]1Cc1ccccc1)C(F)(F)F.C=CC/C(=C\C[C@H](O)C(=O)N1C(=O)OC[C@H]1Cc1ccccc1)C(F)(F)F.C=CCC(O)(CC(=O)OCC)C(F)(F)F.CCC(=O)N1C(=O)OC[C@H]1Cc1ccccc1.CCO.CCOC(=O)CC(=O)C(F)(F)F.OC1CCCO1. The molecule has 0 aromatic heterocycles. The van der Waals surface area contributed by atoms with Gasteiger partial charge in [0.25, 0.3) is 5.91 Å². The van der Waals surface area contributed by atoms with Crippen LogP contribution in [0.15, 0.2) is 225 Å². The number of amides is 6. The molecule has 0 radical (unpaired) electrons. The molecule has 25 nitrogen and oxygen atoms in total. The van der Waals surface area contributed by atoms with Crippen LogP contribution >= 0.6 is 0 Å². The summed E-state index contributed by atoms with van der Waals surface area (Å²) in [6.45, 7) is 31.0. The normalized spacial score (nSPS) is 16.8. The lowest BCUT2D eigenvalue weighted by molar-refractivity contribution is -0.261. The molecule has 4 aliphatic heterocycles. The summed E-state index contributed by atoms with van der Waals surface area (Å²) in [5.74, 6) is -7.77. The monoisotopic (exact) mass is 2080 g/mol. The first-order valence-corrected chi connectivity index (χ1v) is 43.7. The Morgan fingerprint density at radius 3 is 1.11 bits per heavy atom. The molecule has 804 valence electrons. The number of aliphatic hydroxyl groups is 5. The minimum absolute atomic E-state index is 0.0269. The molecule has 0 bridgehead atoms. The zero-order valence-electron chi connectivity index (χ0n) is 79.6. The van der Waals surface area contributed by atoms with Gasteiger partial charge in [0.15, 0.2) is 11.9 Å². The predicted molar refractivity (Wildman–Crippen MR) is 483 cm³/mol. The van der Waals surface area contributed by atoms with Crippen molar-refractivity contribution in [2.75, 3.05) is 59.5 Å². The standard InChI is InChI=1S/C20H22F3NO3.C19H20F3NO4.C13H15NO3.C9H13F3O3.C9H11F3O2.C8H11F3.C7H9F3O.C6H7F3O3.C4H8O2.C2H6O/c1-3-7-16(20(21,22)23)11-10-14(2)18(25)24-17(13-27-19(24)26)12-15-8-5-4-6-9-15;1-2-6-14(19(20,21)22)9-10-16(24)17(25)23-15(12-27-18(23)26)11-13-7-4-3-5-8-13;1-2-12(15)14-11(9-17-13(14)16)8-10-6-4-3-5-7-10;1-3-5-8(14,9(10,11)12)6-7(13)15-4-2;1-3-5-7(9(10,11)12)6-8(13)14-4-2;1-3-5-7(6-4-2)8(9,10)11;1-2-3-6(4-5-11)7(8,9)10;1-2-12-5(11)3-4(10)6(7,8)9;5-4-2-1-3-6-4;1-2-3/h3-6,8-9,11,14,17H,1,7,10,12-13H2,2H3;2-5,7-9,15-16,24H,1,6,10-12H2;3-7,11H,2,8-9H2,1H3;3,14H,1,4-6H2,2H3;3,6H,1,4-5H2,2H3;3,6H,1,4-5H2,2H3;2,4,11H,1,3,5H2;2-3H2,1H3;4-5H,1-3H2;3H,2H2,1H3/b16-11+;14-9+;;;2*7-6+;6-4+;;;/t14-,17+;15-,16+;11-;;;;;;;/m011......./s1. The molecule has 0 aliphatic carbocycles. The quantitative estimate of drug-likeness (QED) is 0.00912. The van der Waals surface area contributed by atoms with Crippen LogP contribution in [0.1, 0.15) is 155 Å². The molecule has 3 aromatic rings. The fourth-order valence-corrected chi connectivity index (χ4v) is 11.6. The van der Waals surface area contributed by atoms with Gasteiger partial charge < -0.3 is 58.7 Å². The van der Waals surface area contributed by atoms with Crippen molar-refractivity contribution in [2.45, 2.75) is 237 Å². The van der Waals surface area contributed by atoms with Gasteiger partial charge >= 0.3 is 79.4 Å². The van der Waals surface area contributed by atoms with Gasteiger partial charge in [0.1, 0.15) is 32.3 Å². The number of ketones is 1. The third-order valence-corrected chi connectivity index (χ3v) is 18.5. The molecule has 3 aromatic carbocycles. The van der Waals surface area contributed by atoms with Crippen molar-refractivity contribution in [1.29, 1.82) is 0 Å². The Bertz CT molecular complexity index is 4380. The summed E-state index contributed by atoms with van der Waals surface area (Å²) in [6.07, 6.45) is -26.9.